The second-order valence-electron chi connectivity index (χ2n) is 1.73. The molecule has 64 valence electrons. The van der Waals surface area contributed by atoms with Crippen molar-refractivity contribution in [3.05, 3.63) is 11.5 Å². The Labute approximate surface area is 89.8 Å². The number of hydrogen-bond donors (Lipinski definition) is 1. The SMILES string of the molecule is C=C(CSN=C(N)CI)SC. The zero-order chi connectivity index (χ0) is 8.69. The third kappa shape index (κ3) is 7.02. The Morgan fingerprint density at radius 1 is 1.73 bits per heavy atom. The summed E-state index contributed by atoms with van der Waals surface area (Å²) in [6.45, 7) is 3.83. The molecule has 0 amide bonds. The number of alkyl halides is 1. The number of hydrogen-bond acceptors (Lipinski definition) is 3. The lowest BCUT2D eigenvalue weighted by atomic mass is 10.7. The minimum Gasteiger partial charge on any atom is -0.386 e. The number of rotatable bonds is 5. The molecule has 2 nitrogen and oxygen atoms in total. The van der Waals surface area contributed by atoms with Gasteiger partial charge in [0, 0.05) is 5.75 Å². The molecule has 0 unspecified atom stereocenters. The van der Waals surface area contributed by atoms with Crippen molar-refractivity contribution in [2.24, 2.45) is 10.1 Å². The van der Waals surface area contributed by atoms with Gasteiger partial charge in [0.25, 0.3) is 0 Å². The lowest BCUT2D eigenvalue weighted by molar-refractivity contribution is 1.61. The summed E-state index contributed by atoms with van der Waals surface area (Å²) in [6, 6.07) is 0. The van der Waals surface area contributed by atoms with E-state index < -0.39 is 0 Å². The lowest BCUT2D eigenvalue weighted by Crippen LogP contribution is -2.11. The second-order valence-corrected chi connectivity index (χ2v) is 4.21. The first-order chi connectivity index (χ1) is 5.20. The van der Waals surface area contributed by atoms with Crippen molar-refractivity contribution in [3.8, 4) is 0 Å². The van der Waals surface area contributed by atoms with E-state index in [1.54, 1.807) is 11.8 Å². The summed E-state index contributed by atoms with van der Waals surface area (Å²) in [4.78, 5) is 1.13. The molecule has 5 heteroatoms. The third-order valence-electron chi connectivity index (χ3n) is 0.833. The van der Waals surface area contributed by atoms with Crippen LogP contribution in [-0.4, -0.2) is 22.3 Å². The first-order valence-electron chi connectivity index (χ1n) is 2.92. The molecule has 0 spiro atoms. The predicted molar refractivity (Wildman–Crippen MR) is 65.6 cm³/mol. The van der Waals surface area contributed by atoms with Crippen LogP contribution in [0.25, 0.3) is 0 Å². The molecule has 0 fully saturated rings. The van der Waals surface area contributed by atoms with Gasteiger partial charge in [-0.1, -0.05) is 29.2 Å². The molecule has 0 rings (SSSR count). The molecule has 0 radical (unpaired) electrons. The lowest BCUT2D eigenvalue weighted by Gasteiger charge is -1.97. The van der Waals surface area contributed by atoms with E-state index in [9.17, 15) is 0 Å². The monoisotopic (exact) mass is 302 g/mol. The van der Waals surface area contributed by atoms with Gasteiger partial charge in [0.05, 0.1) is 4.43 Å². The van der Waals surface area contributed by atoms with Crippen molar-refractivity contribution in [2.75, 3.05) is 16.4 Å². The first-order valence-corrected chi connectivity index (χ1v) is 6.62. The average Bonchev–Trinajstić information content (AvgIpc) is 2.04. The van der Waals surface area contributed by atoms with Gasteiger partial charge in [0.15, 0.2) is 0 Å². The van der Waals surface area contributed by atoms with Crippen molar-refractivity contribution in [1.82, 2.24) is 0 Å². The van der Waals surface area contributed by atoms with Crippen LogP contribution in [0.5, 0.6) is 0 Å². The topological polar surface area (TPSA) is 38.4 Å². The van der Waals surface area contributed by atoms with E-state index >= 15 is 0 Å². The summed E-state index contributed by atoms with van der Waals surface area (Å²) in [5, 5.41) is 0. The van der Waals surface area contributed by atoms with Gasteiger partial charge in [0.2, 0.25) is 0 Å². The normalized spacial score (nSPS) is 11.6. The van der Waals surface area contributed by atoms with Gasteiger partial charge >= 0.3 is 0 Å². The number of halogens is 1. The molecule has 0 aromatic carbocycles. The highest BCUT2D eigenvalue weighted by atomic mass is 127. The molecule has 11 heavy (non-hydrogen) atoms. The van der Waals surface area contributed by atoms with E-state index in [1.807, 2.05) is 6.26 Å². The molecule has 0 aliphatic carbocycles. The summed E-state index contributed by atoms with van der Waals surface area (Å²) in [7, 11) is 0. The van der Waals surface area contributed by atoms with Crippen LogP contribution in [0, 0.1) is 0 Å². The molecule has 2 N–H and O–H groups in total. The zero-order valence-electron chi connectivity index (χ0n) is 6.34. The molecule has 0 aliphatic heterocycles. The van der Waals surface area contributed by atoms with Crippen LogP contribution in [0.1, 0.15) is 0 Å². The van der Waals surface area contributed by atoms with Crippen molar-refractivity contribution < 1.29 is 0 Å². The summed E-state index contributed by atoms with van der Waals surface area (Å²) in [5.41, 5.74) is 5.49. The molecule has 0 heterocycles. The van der Waals surface area contributed by atoms with Gasteiger partial charge in [0.1, 0.15) is 5.84 Å². The van der Waals surface area contributed by atoms with Crippen LogP contribution >= 0.6 is 46.3 Å². The largest absolute Gasteiger partial charge is 0.386 e. The minimum atomic E-state index is 0.685. The van der Waals surface area contributed by atoms with Crippen LogP contribution in [0.2, 0.25) is 0 Å². The van der Waals surface area contributed by atoms with E-state index in [0.717, 1.165) is 15.1 Å². The summed E-state index contributed by atoms with van der Waals surface area (Å²) >= 11 is 5.30. The Morgan fingerprint density at radius 3 is 2.82 bits per heavy atom. The summed E-state index contributed by atoms with van der Waals surface area (Å²) in [5.74, 6) is 1.53. The van der Waals surface area contributed by atoms with Crippen molar-refractivity contribution >= 4 is 52.1 Å². The van der Waals surface area contributed by atoms with E-state index in [0.29, 0.717) is 5.84 Å². The minimum absolute atomic E-state index is 0.685. The third-order valence-corrected chi connectivity index (χ3v) is 3.36. The molecule has 0 saturated carbocycles. The molecule has 0 saturated heterocycles. The Bertz CT molecular complexity index is 159. The van der Waals surface area contributed by atoms with Crippen molar-refractivity contribution in [2.45, 2.75) is 0 Å². The molecule has 0 atom stereocenters. The van der Waals surface area contributed by atoms with Crippen LogP contribution in [0.15, 0.2) is 15.9 Å². The second kappa shape index (κ2) is 7.30. The highest BCUT2D eigenvalue weighted by molar-refractivity contribution is 14.1. The van der Waals surface area contributed by atoms with Crippen molar-refractivity contribution in [3.63, 3.8) is 0 Å². The average molecular weight is 302 g/mol. The fraction of sp³-hybridized carbons (Fsp3) is 0.500. The molecule has 0 aromatic rings. The smallest absolute Gasteiger partial charge is 0.117 e. The van der Waals surface area contributed by atoms with Gasteiger partial charge in [-0.2, -0.15) is 0 Å². The van der Waals surface area contributed by atoms with Crippen LogP contribution in [0.3, 0.4) is 0 Å². The van der Waals surface area contributed by atoms with Crippen LogP contribution < -0.4 is 5.73 Å². The maximum absolute atomic E-state index is 5.49. The molecule has 0 bridgehead atoms. The van der Waals surface area contributed by atoms with E-state index in [2.05, 4.69) is 33.6 Å². The zero-order valence-corrected chi connectivity index (χ0v) is 10.1. The van der Waals surface area contributed by atoms with Gasteiger partial charge < -0.3 is 5.73 Å². The van der Waals surface area contributed by atoms with Gasteiger partial charge in [-0.25, -0.2) is 4.40 Å². The summed E-state index contributed by atoms with van der Waals surface area (Å²) in [6.07, 6.45) is 2.01. The maximum atomic E-state index is 5.49. The highest BCUT2D eigenvalue weighted by Crippen LogP contribution is 2.15. The Morgan fingerprint density at radius 2 is 2.36 bits per heavy atom. The van der Waals surface area contributed by atoms with Crippen LogP contribution in [0.4, 0.5) is 0 Å². The maximum Gasteiger partial charge on any atom is 0.117 e. The van der Waals surface area contributed by atoms with Gasteiger partial charge in [-0.15, -0.1) is 11.8 Å². The highest BCUT2D eigenvalue weighted by Gasteiger charge is 1.91. The number of nitrogens with zero attached hydrogens (tertiary/aromatic N) is 1. The van der Waals surface area contributed by atoms with Crippen LogP contribution in [-0.2, 0) is 0 Å². The first kappa shape index (κ1) is 11.6. The van der Waals surface area contributed by atoms with Crippen molar-refractivity contribution in [1.29, 1.82) is 0 Å². The molecule has 0 aliphatic rings. The number of thioether (sulfide) groups is 1. The van der Waals surface area contributed by atoms with Gasteiger partial charge in [-0.3, -0.25) is 0 Å². The molecular weight excluding hydrogens is 291 g/mol. The van der Waals surface area contributed by atoms with E-state index in [4.69, 9.17) is 5.73 Å². The Kier molecular flexibility index (Phi) is 7.72. The molecular formula is C6H11IN2S2. The predicted octanol–water partition coefficient (Wildman–Crippen LogP) is 2.30. The Balaban J connectivity index is 3.48. The molecule has 0 aromatic heterocycles. The number of nitrogens with two attached hydrogens (primary N) is 1. The van der Waals surface area contributed by atoms with E-state index in [1.165, 1.54) is 11.9 Å². The fourth-order valence-electron chi connectivity index (χ4n) is 0.271. The fourth-order valence-corrected chi connectivity index (χ4v) is 1.74. The number of amidine groups is 1. The Hall–Kier alpha value is 0.640. The quantitative estimate of drug-likeness (QED) is 0.278. The van der Waals surface area contributed by atoms with E-state index in [-0.39, 0.29) is 0 Å². The standard InChI is InChI=1S/C6H11IN2S2/c1-5(10-2)4-11-9-6(8)3-7/h1,3-4H2,2H3,(H2,8,9). The van der Waals surface area contributed by atoms with Gasteiger partial charge in [-0.05, 0) is 23.1 Å². The summed E-state index contributed by atoms with van der Waals surface area (Å²) < 4.78 is 4.85.